The number of pyridine rings is 1. The van der Waals surface area contributed by atoms with E-state index in [0.29, 0.717) is 28.1 Å². The van der Waals surface area contributed by atoms with Gasteiger partial charge in [-0.1, -0.05) is 17.3 Å². The summed E-state index contributed by atoms with van der Waals surface area (Å²) in [7, 11) is 1.62. The molecule has 3 heterocycles. The van der Waals surface area contributed by atoms with Crippen molar-refractivity contribution in [3.05, 3.63) is 71.4 Å². The summed E-state index contributed by atoms with van der Waals surface area (Å²) in [6, 6.07) is 17.4. The molecule has 1 fully saturated rings. The van der Waals surface area contributed by atoms with Gasteiger partial charge in [0.15, 0.2) is 0 Å². The van der Waals surface area contributed by atoms with Gasteiger partial charge in [0.2, 0.25) is 0 Å². The van der Waals surface area contributed by atoms with Gasteiger partial charge in [0, 0.05) is 24.3 Å². The molecule has 1 aliphatic heterocycles. The molecule has 180 valence electrons. The van der Waals surface area contributed by atoms with Gasteiger partial charge in [-0.15, -0.1) is 0 Å². The highest BCUT2D eigenvalue weighted by atomic mass is 16.5. The summed E-state index contributed by atoms with van der Waals surface area (Å²) >= 11 is 0. The predicted molar refractivity (Wildman–Crippen MR) is 134 cm³/mol. The number of methoxy groups -OCH3 is 1. The highest BCUT2D eigenvalue weighted by Crippen LogP contribution is 2.29. The lowest BCUT2D eigenvalue weighted by molar-refractivity contribution is 0.0941. The molecule has 0 radical (unpaired) electrons. The van der Waals surface area contributed by atoms with Crippen molar-refractivity contribution >= 4 is 22.7 Å². The van der Waals surface area contributed by atoms with Crippen molar-refractivity contribution in [2.75, 3.05) is 38.3 Å². The Morgan fingerprint density at radius 2 is 1.80 bits per heavy atom. The molecule has 8 nitrogen and oxygen atoms in total. The second-order valence-electron chi connectivity index (χ2n) is 8.62. The SMILES string of the molecule is COc1ccc(-c2cc(C(=O)N[C@H](C)c3ccc(N4CCOCC4)cc3)c3c(C)noc3n2)cc1. The molecule has 1 atom stereocenters. The van der Waals surface area contributed by atoms with Crippen LogP contribution in [0.25, 0.3) is 22.4 Å². The van der Waals surface area contributed by atoms with E-state index in [2.05, 4.69) is 44.6 Å². The van der Waals surface area contributed by atoms with Gasteiger partial charge in [-0.25, -0.2) is 4.98 Å². The molecule has 0 aliphatic carbocycles. The number of ether oxygens (including phenoxy) is 2. The third-order valence-electron chi connectivity index (χ3n) is 6.36. The number of nitrogens with zero attached hydrogens (tertiary/aromatic N) is 3. The second kappa shape index (κ2) is 9.76. The van der Waals surface area contributed by atoms with Crippen molar-refractivity contribution in [2.45, 2.75) is 19.9 Å². The Morgan fingerprint density at radius 1 is 1.09 bits per heavy atom. The number of hydrogen-bond donors (Lipinski definition) is 1. The van der Waals surface area contributed by atoms with E-state index < -0.39 is 0 Å². The number of aryl methyl sites for hydroxylation is 1. The number of anilines is 1. The number of aromatic nitrogens is 2. The third-order valence-corrected chi connectivity index (χ3v) is 6.36. The topological polar surface area (TPSA) is 89.7 Å². The van der Waals surface area contributed by atoms with Crippen LogP contribution in [-0.4, -0.2) is 49.5 Å². The zero-order valence-electron chi connectivity index (χ0n) is 20.1. The van der Waals surface area contributed by atoms with Crippen molar-refractivity contribution in [1.82, 2.24) is 15.5 Å². The van der Waals surface area contributed by atoms with E-state index >= 15 is 0 Å². The highest BCUT2D eigenvalue weighted by Gasteiger charge is 2.21. The smallest absolute Gasteiger partial charge is 0.259 e. The van der Waals surface area contributed by atoms with Gasteiger partial charge in [-0.3, -0.25) is 4.79 Å². The molecule has 1 N–H and O–H groups in total. The fourth-order valence-electron chi connectivity index (χ4n) is 4.34. The fraction of sp³-hybridized carbons (Fsp3) is 0.296. The Labute approximate surface area is 203 Å². The lowest BCUT2D eigenvalue weighted by Crippen LogP contribution is -2.36. The second-order valence-corrected chi connectivity index (χ2v) is 8.62. The van der Waals surface area contributed by atoms with Crippen molar-refractivity contribution in [1.29, 1.82) is 0 Å². The molecule has 1 amide bonds. The standard InChI is InChI=1S/C27H28N4O4/c1-17(19-4-8-21(9-5-19)31-12-14-34-15-13-31)28-26(32)23-16-24(20-6-10-22(33-3)11-7-20)29-27-25(23)18(2)30-35-27/h4-11,16-17H,12-15H2,1-3H3,(H,28,32)/t17-/m1/s1. The number of carbonyl (C=O) groups excluding carboxylic acids is 1. The van der Waals surface area contributed by atoms with Crippen LogP contribution in [0.3, 0.4) is 0 Å². The van der Waals surface area contributed by atoms with E-state index in [0.717, 1.165) is 48.9 Å². The first kappa shape index (κ1) is 22.9. The van der Waals surface area contributed by atoms with Crippen LogP contribution in [-0.2, 0) is 4.74 Å². The summed E-state index contributed by atoms with van der Waals surface area (Å²) in [6.07, 6.45) is 0. The number of carbonyl (C=O) groups is 1. The van der Waals surface area contributed by atoms with Crippen LogP contribution < -0.4 is 15.0 Å². The minimum Gasteiger partial charge on any atom is -0.497 e. The van der Waals surface area contributed by atoms with Crippen LogP contribution in [0.5, 0.6) is 5.75 Å². The molecule has 35 heavy (non-hydrogen) atoms. The molecule has 1 saturated heterocycles. The number of nitrogens with one attached hydrogen (secondary N) is 1. The van der Waals surface area contributed by atoms with Gasteiger partial charge in [0.1, 0.15) is 5.75 Å². The van der Waals surface area contributed by atoms with Gasteiger partial charge < -0.3 is 24.2 Å². The van der Waals surface area contributed by atoms with Gasteiger partial charge in [0.25, 0.3) is 11.6 Å². The van der Waals surface area contributed by atoms with E-state index in [9.17, 15) is 4.79 Å². The van der Waals surface area contributed by atoms with Crippen molar-refractivity contribution in [3.63, 3.8) is 0 Å². The molecule has 0 saturated carbocycles. The van der Waals surface area contributed by atoms with E-state index in [1.54, 1.807) is 13.2 Å². The summed E-state index contributed by atoms with van der Waals surface area (Å²) < 4.78 is 16.1. The Balaban J connectivity index is 1.40. The zero-order chi connectivity index (χ0) is 24.4. The quantitative estimate of drug-likeness (QED) is 0.441. The molecule has 0 spiro atoms. The Hall–Kier alpha value is -3.91. The first-order valence-electron chi connectivity index (χ1n) is 11.7. The maximum absolute atomic E-state index is 13.4. The summed E-state index contributed by atoms with van der Waals surface area (Å²) in [5.41, 5.74) is 5.11. The molecule has 1 aliphatic rings. The van der Waals surface area contributed by atoms with E-state index in [-0.39, 0.29) is 11.9 Å². The molecule has 0 unspecified atom stereocenters. The molecule has 0 bridgehead atoms. The maximum Gasteiger partial charge on any atom is 0.259 e. The van der Waals surface area contributed by atoms with Gasteiger partial charge in [0.05, 0.1) is 48.7 Å². The minimum absolute atomic E-state index is 0.186. The number of amides is 1. The first-order chi connectivity index (χ1) is 17.0. The molecule has 2 aromatic carbocycles. The summed E-state index contributed by atoms with van der Waals surface area (Å²) in [6.45, 7) is 7.05. The van der Waals surface area contributed by atoms with E-state index in [1.165, 1.54) is 0 Å². The lowest BCUT2D eigenvalue weighted by atomic mass is 10.0. The van der Waals surface area contributed by atoms with E-state index in [1.807, 2.05) is 38.1 Å². The third kappa shape index (κ3) is 4.70. The fourth-order valence-corrected chi connectivity index (χ4v) is 4.34. The van der Waals surface area contributed by atoms with Gasteiger partial charge in [-0.2, -0.15) is 0 Å². The zero-order valence-corrected chi connectivity index (χ0v) is 20.1. The number of hydrogen-bond acceptors (Lipinski definition) is 7. The predicted octanol–water partition coefficient (Wildman–Crippen LogP) is 4.53. The van der Waals surface area contributed by atoms with Gasteiger partial charge >= 0.3 is 0 Å². The van der Waals surface area contributed by atoms with Gasteiger partial charge in [-0.05, 0) is 61.9 Å². The van der Waals surface area contributed by atoms with Crippen LogP contribution in [0, 0.1) is 6.92 Å². The molecule has 4 aromatic rings. The number of rotatable bonds is 6. The molecular weight excluding hydrogens is 444 g/mol. The van der Waals surface area contributed by atoms with Crippen LogP contribution >= 0.6 is 0 Å². The van der Waals surface area contributed by atoms with Crippen LogP contribution in [0.15, 0.2) is 59.1 Å². The first-order valence-corrected chi connectivity index (χ1v) is 11.7. The average molecular weight is 473 g/mol. The maximum atomic E-state index is 13.4. The Bertz CT molecular complexity index is 1330. The number of morpholine rings is 1. The molecule has 2 aromatic heterocycles. The largest absolute Gasteiger partial charge is 0.497 e. The minimum atomic E-state index is -0.205. The molecular formula is C27H28N4O4. The highest BCUT2D eigenvalue weighted by molar-refractivity contribution is 6.07. The lowest BCUT2D eigenvalue weighted by Gasteiger charge is -2.29. The van der Waals surface area contributed by atoms with Crippen molar-refractivity contribution in [2.24, 2.45) is 0 Å². The summed E-state index contributed by atoms with van der Waals surface area (Å²) in [5, 5.41) is 7.79. The average Bonchev–Trinajstić information content (AvgIpc) is 3.29. The number of fused-ring (bicyclic) bond motifs is 1. The Kier molecular flexibility index (Phi) is 6.37. The van der Waals surface area contributed by atoms with Crippen LogP contribution in [0.4, 0.5) is 5.69 Å². The summed E-state index contributed by atoms with van der Waals surface area (Å²) in [5.74, 6) is 0.542. The van der Waals surface area contributed by atoms with Crippen LogP contribution in [0.1, 0.15) is 34.6 Å². The van der Waals surface area contributed by atoms with Crippen molar-refractivity contribution < 1.29 is 18.8 Å². The van der Waals surface area contributed by atoms with Crippen molar-refractivity contribution in [3.8, 4) is 17.0 Å². The molecule has 8 heteroatoms. The normalized spacial score (nSPS) is 14.7. The van der Waals surface area contributed by atoms with Crippen LogP contribution in [0.2, 0.25) is 0 Å². The Morgan fingerprint density at radius 3 is 2.49 bits per heavy atom. The summed E-state index contributed by atoms with van der Waals surface area (Å²) in [4.78, 5) is 20.3. The molecule has 5 rings (SSSR count). The number of benzene rings is 2. The van der Waals surface area contributed by atoms with E-state index in [4.69, 9.17) is 14.0 Å². The monoisotopic (exact) mass is 472 g/mol.